The Morgan fingerprint density at radius 1 is 1.12 bits per heavy atom. The van der Waals surface area contributed by atoms with Gasteiger partial charge in [-0.1, -0.05) is 11.6 Å². The molecule has 18 heteroatoms. The number of ether oxygens (including phenoxy) is 3. The molecule has 3 aromatic rings. The highest BCUT2D eigenvalue weighted by Gasteiger charge is 2.50. The summed E-state index contributed by atoms with van der Waals surface area (Å²) in [6.45, 7) is 2.05. The van der Waals surface area contributed by atoms with Gasteiger partial charge in [-0.05, 0) is 44.4 Å². The van der Waals surface area contributed by atoms with Crippen LogP contribution in [-0.4, -0.2) is 105 Å². The number of esters is 1. The number of aromatic nitrogens is 3. The van der Waals surface area contributed by atoms with Gasteiger partial charge >= 0.3 is 24.2 Å². The second-order valence-electron chi connectivity index (χ2n) is 13.1. The molecule has 0 saturated carbocycles. The third kappa shape index (κ3) is 6.18. The first-order chi connectivity index (χ1) is 23.7. The number of anilines is 1. The molecule has 4 fully saturated rings. The predicted octanol–water partition coefficient (Wildman–Crippen LogP) is 5.47. The van der Waals surface area contributed by atoms with Crippen molar-refractivity contribution in [1.82, 2.24) is 24.8 Å². The molecule has 4 atom stereocenters. The summed E-state index contributed by atoms with van der Waals surface area (Å²) in [5.41, 5.74) is -3.92. The monoisotopic (exact) mass is 726 g/mol. The normalized spacial score (nSPS) is 24.9. The summed E-state index contributed by atoms with van der Waals surface area (Å²) in [4.78, 5) is 42.3. The van der Waals surface area contributed by atoms with Crippen molar-refractivity contribution in [2.45, 2.75) is 69.0 Å². The maximum Gasteiger partial charge on any atom is 0.418 e. The number of pyridine rings is 1. The van der Waals surface area contributed by atoms with Gasteiger partial charge in [0.15, 0.2) is 5.82 Å². The number of aromatic hydroxyl groups is 1. The lowest BCUT2D eigenvalue weighted by Crippen LogP contribution is -2.56. The second kappa shape index (κ2) is 12.8. The largest absolute Gasteiger partial charge is 0.508 e. The van der Waals surface area contributed by atoms with Gasteiger partial charge in [0.05, 0.1) is 33.6 Å². The molecule has 2 unspecified atom stereocenters. The fraction of sp³-hybridized carbons (Fsp3) is 0.531. The highest BCUT2D eigenvalue weighted by Crippen LogP contribution is 2.45. The predicted molar refractivity (Wildman–Crippen MR) is 167 cm³/mol. The Balaban J connectivity index is 1.28. The Hall–Kier alpha value is -4.25. The highest BCUT2D eigenvalue weighted by atomic mass is 35.5. The lowest BCUT2D eigenvalue weighted by Gasteiger charge is -2.41. The van der Waals surface area contributed by atoms with Crippen LogP contribution in [0.3, 0.4) is 0 Å². The Morgan fingerprint density at radius 3 is 2.56 bits per heavy atom. The Bertz CT molecular complexity index is 1840. The molecule has 268 valence electrons. The molecular weight excluding hydrogens is 695 g/mol. The van der Waals surface area contributed by atoms with E-state index in [1.807, 2.05) is 4.90 Å². The molecule has 0 spiro atoms. The number of fused-ring (bicyclic) bond motifs is 4. The van der Waals surface area contributed by atoms with Crippen LogP contribution in [0.25, 0.3) is 22.2 Å². The van der Waals surface area contributed by atoms with Crippen molar-refractivity contribution in [2.24, 2.45) is 0 Å². The van der Waals surface area contributed by atoms with Gasteiger partial charge in [-0.2, -0.15) is 23.1 Å². The van der Waals surface area contributed by atoms with Gasteiger partial charge in [0.1, 0.15) is 35.6 Å². The second-order valence-corrected chi connectivity index (χ2v) is 13.5. The summed E-state index contributed by atoms with van der Waals surface area (Å²) >= 11 is 5.89. The van der Waals surface area contributed by atoms with E-state index in [1.54, 1.807) is 9.80 Å². The summed E-state index contributed by atoms with van der Waals surface area (Å²) in [6.07, 6.45) is -2.61. The average molecular weight is 727 g/mol. The van der Waals surface area contributed by atoms with E-state index in [0.717, 1.165) is 18.7 Å². The molecule has 50 heavy (non-hydrogen) atoms. The zero-order chi connectivity index (χ0) is 35.5. The van der Waals surface area contributed by atoms with Crippen molar-refractivity contribution in [1.29, 1.82) is 0 Å². The summed E-state index contributed by atoms with van der Waals surface area (Å²) in [6, 6.07) is 0.437. The average Bonchev–Trinajstić information content (AvgIpc) is 3.65. The van der Waals surface area contributed by atoms with Crippen molar-refractivity contribution < 1.29 is 50.9 Å². The number of carbonyl (C=O) groups excluding carboxylic acids is 2. The molecule has 1 N–H and O–H groups in total. The maximum absolute atomic E-state index is 16.5. The molecule has 1 aromatic carbocycles. The third-order valence-corrected chi connectivity index (χ3v) is 10.2. The van der Waals surface area contributed by atoms with Crippen molar-refractivity contribution in [3.63, 3.8) is 0 Å². The fourth-order valence-corrected chi connectivity index (χ4v) is 8.16. The van der Waals surface area contributed by atoms with Crippen molar-refractivity contribution in [2.75, 3.05) is 44.5 Å². The van der Waals surface area contributed by atoms with Crippen LogP contribution in [-0.2, 0) is 20.4 Å². The lowest BCUT2D eigenvalue weighted by atomic mass is 9.95. The van der Waals surface area contributed by atoms with Crippen molar-refractivity contribution in [3.05, 3.63) is 34.7 Å². The number of hydrogen-bond donors (Lipinski definition) is 1. The van der Waals surface area contributed by atoms with Gasteiger partial charge in [0.2, 0.25) is 6.79 Å². The Labute approximate surface area is 287 Å². The molecule has 2 aromatic heterocycles. The molecule has 4 aliphatic rings. The highest BCUT2D eigenvalue weighted by molar-refractivity contribution is 6.32. The van der Waals surface area contributed by atoms with E-state index in [1.165, 1.54) is 6.92 Å². The van der Waals surface area contributed by atoms with E-state index in [0.29, 0.717) is 31.9 Å². The molecule has 0 aliphatic carbocycles. The summed E-state index contributed by atoms with van der Waals surface area (Å²) in [5.74, 6) is -2.30. The summed E-state index contributed by atoms with van der Waals surface area (Å²) < 4.78 is 89.4. The van der Waals surface area contributed by atoms with E-state index in [2.05, 4.69) is 15.0 Å². The zero-order valence-corrected chi connectivity index (χ0v) is 27.4. The SMILES string of the molecule is CC(=O)OCOC(=O)N1C2CCC1CN(c1nc(OC[C@@]34CCCN3C[C@H](F)C4)nc3c(F)c(-c4cc(O)cc(Cl)c4C(F)(F)F)ncc13)C2. The smallest absolute Gasteiger partial charge is 0.418 e. The van der Waals surface area contributed by atoms with Crippen LogP contribution in [0.4, 0.5) is 32.6 Å². The number of carbonyl (C=O) groups is 2. The van der Waals surface area contributed by atoms with Crippen molar-refractivity contribution >= 4 is 40.4 Å². The third-order valence-electron chi connectivity index (χ3n) is 9.93. The van der Waals surface area contributed by atoms with Crippen LogP contribution in [0, 0.1) is 5.82 Å². The van der Waals surface area contributed by atoms with Crippen LogP contribution in [0.5, 0.6) is 11.8 Å². The van der Waals surface area contributed by atoms with Gasteiger partial charge in [-0.25, -0.2) is 13.6 Å². The number of benzene rings is 1. The van der Waals surface area contributed by atoms with E-state index in [4.69, 9.17) is 25.8 Å². The maximum atomic E-state index is 16.5. The molecule has 7 rings (SSSR count). The van der Waals surface area contributed by atoms with E-state index >= 15 is 4.39 Å². The Morgan fingerprint density at radius 2 is 1.86 bits per heavy atom. The van der Waals surface area contributed by atoms with Gasteiger partial charge in [0, 0.05) is 44.7 Å². The van der Waals surface area contributed by atoms with E-state index in [9.17, 15) is 32.3 Å². The Kier molecular flexibility index (Phi) is 8.77. The van der Waals surface area contributed by atoms with Gasteiger partial charge in [-0.15, -0.1) is 0 Å². The lowest BCUT2D eigenvalue weighted by molar-refractivity contribution is -0.149. The number of piperazine rings is 1. The van der Waals surface area contributed by atoms with Crippen LogP contribution in [0.15, 0.2) is 18.3 Å². The molecule has 4 saturated heterocycles. The zero-order valence-electron chi connectivity index (χ0n) is 26.7. The number of phenols is 1. The summed E-state index contributed by atoms with van der Waals surface area (Å²) in [5, 5.41) is 9.34. The number of halogens is 6. The number of nitrogens with zero attached hydrogens (tertiary/aromatic N) is 6. The van der Waals surface area contributed by atoms with Crippen LogP contribution >= 0.6 is 11.6 Å². The minimum Gasteiger partial charge on any atom is -0.508 e. The van der Waals surface area contributed by atoms with E-state index < -0.39 is 75.7 Å². The topological polar surface area (TPSA) is 130 Å². The van der Waals surface area contributed by atoms with Crippen LogP contribution < -0.4 is 9.64 Å². The molecule has 6 heterocycles. The number of hydrogen-bond acceptors (Lipinski definition) is 11. The minimum absolute atomic E-state index is 0.00547. The molecule has 12 nitrogen and oxygen atoms in total. The quantitative estimate of drug-likeness (QED) is 0.189. The molecule has 2 bridgehead atoms. The number of alkyl halides is 4. The first-order valence-electron chi connectivity index (χ1n) is 16.1. The van der Waals surface area contributed by atoms with Gasteiger partial charge in [-0.3, -0.25) is 19.6 Å². The van der Waals surface area contributed by atoms with Gasteiger partial charge in [0.25, 0.3) is 0 Å². The number of rotatable bonds is 7. The minimum atomic E-state index is -5.02. The molecular formula is C32H32ClF5N6O6. The van der Waals surface area contributed by atoms with Crippen LogP contribution in [0.2, 0.25) is 5.02 Å². The first kappa shape index (κ1) is 34.2. The fourth-order valence-electron chi connectivity index (χ4n) is 7.84. The van der Waals surface area contributed by atoms with Gasteiger partial charge < -0.3 is 24.2 Å². The van der Waals surface area contributed by atoms with E-state index in [-0.39, 0.29) is 62.0 Å². The molecule has 4 aliphatic heterocycles. The molecule has 0 radical (unpaired) electrons. The first-order valence-corrected chi connectivity index (χ1v) is 16.4. The summed E-state index contributed by atoms with van der Waals surface area (Å²) in [7, 11) is 0. The van der Waals surface area contributed by atoms with Crippen LogP contribution in [0.1, 0.15) is 44.6 Å². The number of phenolic OH excluding ortho intramolecular Hbond substituents is 1. The van der Waals surface area contributed by atoms with Crippen molar-refractivity contribution in [3.8, 4) is 23.0 Å². The molecule has 1 amide bonds. The number of amides is 1. The standard InChI is InChI=1S/C32H32ClF5N6O6/c1-16(45)49-15-50-30(47)44-18-3-4-19(44)13-42(12-18)28-22-10-39-26(21-7-20(46)8-23(33)24(21)32(36,37)38)25(35)27(22)40-29(41-28)48-14-31-5-2-6-43(31)11-17(34)9-31/h7-8,10,17-19,46H,2-6,9,11-15H2,1H3/t17-,18?,19?,31+/m1/s1.